The Kier molecular flexibility index (Phi) is 2.42. The van der Waals surface area contributed by atoms with Crippen molar-refractivity contribution in [3.63, 3.8) is 0 Å². The molecule has 1 aromatic rings. The van der Waals surface area contributed by atoms with Gasteiger partial charge < -0.3 is 10.2 Å². The molecule has 0 aliphatic carbocycles. The van der Waals surface area contributed by atoms with Crippen LogP contribution in [0.1, 0.15) is 0 Å². The summed E-state index contributed by atoms with van der Waals surface area (Å²) in [5, 5.41) is 21.2. The van der Waals surface area contributed by atoms with Gasteiger partial charge in [-0.3, -0.25) is 4.68 Å². The Morgan fingerprint density at radius 1 is 1.60 bits per heavy atom. The van der Waals surface area contributed by atoms with Crippen LogP contribution in [-0.2, 0) is 6.54 Å². The smallest absolute Gasteiger partial charge is 0.0966 e. The molecule has 0 saturated heterocycles. The highest BCUT2D eigenvalue weighted by Crippen LogP contribution is 1.88. The zero-order valence-corrected chi connectivity index (χ0v) is 5.51. The van der Waals surface area contributed by atoms with Gasteiger partial charge in [-0.05, 0) is 6.07 Å². The largest absolute Gasteiger partial charge is 0.394 e. The predicted octanol–water partition coefficient (Wildman–Crippen LogP) is -0.764. The van der Waals surface area contributed by atoms with Gasteiger partial charge in [-0.2, -0.15) is 5.10 Å². The highest BCUT2D eigenvalue weighted by molar-refractivity contribution is 4.78. The molecular formula is C6H10N2O2. The fraction of sp³-hybridized carbons (Fsp3) is 0.500. The number of rotatable bonds is 3. The van der Waals surface area contributed by atoms with Crippen LogP contribution in [-0.4, -0.2) is 32.7 Å². The number of hydrogen-bond donors (Lipinski definition) is 2. The normalized spacial score (nSPS) is 13.4. The molecule has 1 atom stereocenters. The number of nitrogens with zero attached hydrogens (tertiary/aromatic N) is 2. The molecule has 56 valence electrons. The van der Waals surface area contributed by atoms with E-state index in [0.717, 1.165) is 0 Å². The summed E-state index contributed by atoms with van der Waals surface area (Å²) in [5.41, 5.74) is 0. The van der Waals surface area contributed by atoms with E-state index in [0.29, 0.717) is 6.54 Å². The van der Waals surface area contributed by atoms with E-state index in [4.69, 9.17) is 10.2 Å². The minimum atomic E-state index is -0.708. The second-order valence-corrected chi connectivity index (χ2v) is 2.06. The molecule has 0 spiro atoms. The molecule has 0 radical (unpaired) electrons. The van der Waals surface area contributed by atoms with Crippen LogP contribution in [0.2, 0.25) is 0 Å². The van der Waals surface area contributed by atoms with E-state index >= 15 is 0 Å². The SMILES string of the molecule is OC[C@H](O)Cn1cccn1. The molecule has 4 nitrogen and oxygen atoms in total. The monoisotopic (exact) mass is 142 g/mol. The van der Waals surface area contributed by atoms with Crippen molar-refractivity contribution < 1.29 is 10.2 Å². The van der Waals surface area contributed by atoms with Gasteiger partial charge >= 0.3 is 0 Å². The third-order valence-corrected chi connectivity index (χ3v) is 1.17. The maximum absolute atomic E-state index is 8.92. The summed E-state index contributed by atoms with van der Waals surface area (Å²) >= 11 is 0. The van der Waals surface area contributed by atoms with E-state index in [2.05, 4.69) is 5.10 Å². The lowest BCUT2D eigenvalue weighted by Gasteiger charge is -2.05. The van der Waals surface area contributed by atoms with Crippen LogP contribution in [0, 0.1) is 0 Å². The van der Waals surface area contributed by atoms with Gasteiger partial charge in [-0.1, -0.05) is 0 Å². The molecule has 1 aromatic heterocycles. The maximum Gasteiger partial charge on any atom is 0.0966 e. The van der Waals surface area contributed by atoms with Crippen LogP contribution in [0.25, 0.3) is 0 Å². The molecule has 0 bridgehead atoms. The average molecular weight is 142 g/mol. The van der Waals surface area contributed by atoms with Crippen molar-refractivity contribution >= 4 is 0 Å². The Bertz CT molecular complexity index is 174. The highest BCUT2D eigenvalue weighted by Gasteiger charge is 2.01. The molecule has 0 amide bonds. The molecule has 2 N–H and O–H groups in total. The summed E-state index contributed by atoms with van der Waals surface area (Å²) in [4.78, 5) is 0. The zero-order valence-electron chi connectivity index (χ0n) is 5.51. The molecule has 1 rings (SSSR count). The van der Waals surface area contributed by atoms with Crippen molar-refractivity contribution in [1.29, 1.82) is 0 Å². The van der Waals surface area contributed by atoms with Crippen LogP contribution < -0.4 is 0 Å². The van der Waals surface area contributed by atoms with Gasteiger partial charge in [0.25, 0.3) is 0 Å². The first kappa shape index (κ1) is 7.24. The van der Waals surface area contributed by atoms with Crippen LogP contribution in [0.3, 0.4) is 0 Å². The fourth-order valence-electron chi connectivity index (χ4n) is 0.682. The lowest BCUT2D eigenvalue weighted by Crippen LogP contribution is -2.19. The molecule has 0 unspecified atom stereocenters. The molecule has 10 heavy (non-hydrogen) atoms. The van der Waals surface area contributed by atoms with Gasteiger partial charge in [0.2, 0.25) is 0 Å². The third kappa shape index (κ3) is 1.82. The van der Waals surface area contributed by atoms with E-state index in [1.54, 1.807) is 23.1 Å². The third-order valence-electron chi connectivity index (χ3n) is 1.17. The second-order valence-electron chi connectivity index (χ2n) is 2.06. The molecule has 0 saturated carbocycles. The molecule has 1 heterocycles. The van der Waals surface area contributed by atoms with Crippen molar-refractivity contribution in [3.8, 4) is 0 Å². The average Bonchev–Trinajstić information content (AvgIpc) is 2.40. The minimum Gasteiger partial charge on any atom is -0.394 e. The number of aromatic nitrogens is 2. The quantitative estimate of drug-likeness (QED) is 0.583. The van der Waals surface area contributed by atoms with Gasteiger partial charge in [0.1, 0.15) is 0 Å². The minimum absolute atomic E-state index is 0.222. The van der Waals surface area contributed by atoms with Gasteiger partial charge in [0.05, 0.1) is 19.3 Å². The summed E-state index contributed by atoms with van der Waals surface area (Å²) in [6, 6.07) is 1.77. The van der Waals surface area contributed by atoms with E-state index in [1.165, 1.54) is 0 Å². The second kappa shape index (κ2) is 3.34. The van der Waals surface area contributed by atoms with Crippen molar-refractivity contribution in [2.45, 2.75) is 12.6 Å². The number of aliphatic hydroxyl groups is 2. The fourth-order valence-corrected chi connectivity index (χ4v) is 0.682. The van der Waals surface area contributed by atoms with Gasteiger partial charge in [0, 0.05) is 12.4 Å². The number of aliphatic hydroxyl groups excluding tert-OH is 2. The molecule has 0 aliphatic heterocycles. The first-order valence-electron chi connectivity index (χ1n) is 3.09. The molecule has 0 fully saturated rings. The standard InChI is InChI=1S/C6H10N2O2/c9-5-6(10)4-8-3-1-2-7-8/h1-3,6,9-10H,4-5H2/t6-/m1/s1. The first-order valence-corrected chi connectivity index (χ1v) is 3.09. The van der Waals surface area contributed by atoms with Crippen molar-refractivity contribution in [1.82, 2.24) is 9.78 Å². The van der Waals surface area contributed by atoms with E-state index in [9.17, 15) is 0 Å². The Morgan fingerprint density at radius 2 is 2.40 bits per heavy atom. The van der Waals surface area contributed by atoms with Crippen LogP contribution >= 0.6 is 0 Å². The summed E-state index contributed by atoms with van der Waals surface area (Å²) in [6.07, 6.45) is 2.66. The summed E-state index contributed by atoms with van der Waals surface area (Å²) in [7, 11) is 0. The molecule has 0 aromatic carbocycles. The lowest BCUT2D eigenvalue weighted by molar-refractivity contribution is 0.0782. The van der Waals surface area contributed by atoms with Crippen LogP contribution in [0.15, 0.2) is 18.5 Å². The molecular weight excluding hydrogens is 132 g/mol. The van der Waals surface area contributed by atoms with Gasteiger partial charge in [-0.15, -0.1) is 0 Å². The predicted molar refractivity (Wildman–Crippen MR) is 35.3 cm³/mol. The Hall–Kier alpha value is -0.870. The summed E-state index contributed by atoms with van der Waals surface area (Å²) < 4.78 is 1.57. The van der Waals surface area contributed by atoms with E-state index in [1.807, 2.05) is 0 Å². The van der Waals surface area contributed by atoms with E-state index in [-0.39, 0.29) is 6.61 Å². The Morgan fingerprint density at radius 3 is 2.90 bits per heavy atom. The highest BCUT2D eigenvalue weighted by atomic mass is 16.3. The summed E-state index contributed by atoms with van der Waals surface area (Å²) in [6.45, 7) is 0.128. The molecule has 4 heteroatoms. The lowest BCUT2D eigenvalue weighted by atomic mass is 10.4. The zero-order chi connectivity index (χ0) is 7.40. The maximum atomic E-state index is 8.92. The van der Waals surface area contributed by atoms with Crippen molar-refractivity contribution in [3.05, 3.63) is 18.5 Å². The number of hydrogen-bond acceptors (Lipinski definition) is 3. The molecule has 0 aliphatic rings. The topological polar surface area (TPSA) is 58.3 Å². The first-order chi connectivity index (χ1) is 4.83. The Labute approximate surface area is 58.7 Å². The van der Waals surface area contributed by atoms with Gasteiger partial charge in [-0.25, -0.2) is 0 Å². The van der Waals surface area contributed by atoms with Crippen molar-refractivity contribution in [2.75, 3.05) is 6.61 Å². The van der Waals surface area contributed by atoms with Crippen LogP contribution in [0.4, 0.5) is 0 Å². The van der Waals surface area contributed by atoms with Crippen LogP contribution in [0.5, 0.6) is 0 Å². The summed E-state index contributed by atoms with van der Waals surface area (Å²) in [5.74, 6) is 0. The van der Waals surface area contributed by atoms with Crippen molar-refractivity contribution in [2.24, 2.45) is 0 Å². The Balaban J connectivity index is 2.40. The van der Waals surface area contributed by atoms with E-state index < -0.39 is 6.10 Å². The van der Waals surface area contributed by atoms with Gasteiger partial charge in [0.15, 0.2) is 0 Å².